The van der Waals surface area contributed by atoms with Crippen LogP contribution in [-0.4, -0.2) is 83.8 Å². The number of likely N-dealkylation sites (tertiary alicyclic amines) is 2. The van der Waals surface area contributed by atoms with Crippen molar-refractivity contribution in [3.8, 4) is 0 Å². The molecule has 6 nitrogen and oxygen atoms in total. The summed E-state index contributed by atoms with van der Waals surface area (Å²) < 4.78 is 5.63. The molecule has 3 fully saturated rings. The fourth-order valence-electron chi connectivity index (χ4n) is 5.85. The third-order valence-corrected chi connectivity index (χ3v) is 7.77. The highest BCUT2D eigenvalue weighted by Crippen LogP contribution is 2.34. The fraction of sp³-hybridized carbons (Fsp3) is 0.846. The van der Waals surface area contributed by atoms with E-state index in [1.807, 2.05) is 0 Å². The predicted molar refractivity (Wildman–Crippen MR) is 131 cm³/mol. The highest BCUT2D eigenvalue weighted by molar-refractivity contribution is 5.38. The number of nitrogens with zero attached hydrogens (tertiary/aromatic N) is 5. The van der Waals surface area contributed by atoms with Gasteiger partial charge in [0.05, 0.1) is 6.10 Å². The molecule has 32 heavy (non-hydrogen) atoms. The van der Waals surface area contributed by atoms with E-state index in [2.05, 4.69) is 47.9 Å². The second kappa shape index (κ2) is 11.8. The van der Waals surface area contributed by atoms with Gasteiger partial charge in [-0.25, -0.2) is 9.97 Å². The Bertz CT molecular complexity index is 659. The Morgan fingerprint density at radius 3 is 2.19 bits per heavy atom. The van der Waals surface area contributed by atoms with Crippen molar-refractivity contribution in [3.05, 3.63) is 18.0 Å². The summed E-state index contributed by atoms with van der Waals surface area (Å²) in [5.41, 5.74) is 1.35. The summed E-state index contributed by atoms with van der Waals surface area (Å²) in [6, 6.07) is 1.20. The van der Waals surface area contributed by atoms with Crippen molar-refractivity contribution in [2.45, 2.75) is 96.2 Å². The van der Waals surface area contributed by atoms with Gasteiger partial charge in [-0.15, -0.1) is 0 Å². The molecular formula is C26H45N5O. The second-order valence-corrected chi connectivity index (χ2v) is 10.4. The molecule has 3 aliphatic rings. The number of anilines is 1. The molecule has 180 valence electrons. The lowest BCUT2D eigenvalue weighted by Gasteiger charge is -2.40. The largest absolute Gasteiger partial charge is 0.379 e. The molecule has 2 unspecified atom stereocenters. The molecule has 3 saturated heterocycles. The monoisotopic (exact) mass is 443 g/mol. The minimum absolute atomic E-state index is 0.365. The van der Waals surface area contributed by atoms with Gasteiger partial charge in [0.1, 0.15) is 0 Å². The van der Waals surface area contributed by atoms with Crippen molar-refractivity contribution in [3.63, 3.8) is 0 Å². The van der Waals surface area contributed by atoms with Crippen molar-refractivity contribution in [1.29, 1.82) is 0 Å². The lowest BCUT2D eigenvalue weighted by atomic mass is 9.91. The van der Waals surface area contributed by atoms with Gasteiger partial charge in [0.2, 0.25) is 5.95 Å². The molecule has 0 spiro atoms. The minimum Gasteiger partial charge on any atom is -0.379 e. The molecule has 2 bridgehead atoms. The number of piperazine rings is 1. The van der Waals surface area contributed by atoms with E-state index in [-0.39, 0.29) is 0 Å². The standard InChI is InChI=1S/C26H45N5O/c1-4-29-19-24-9-10-25(20-29)31(24)26-27-17-23(18-28-26)22-11-14-30(15-12-22)13-7-5-6-8-16-32-21(2)3/h17-18,21-22,24-25H,4-16,19-20H2,1-3H3. The molecule has 4 heterocycles. The molecule has 0 aromatic carbocycles. The first kappa shape index (κ1) is 23.9. The molecule has 3 aliphatic heterocycles. The summed E-state index contributed by atoms with van der Waals surface area (Å²) in [6.07, 6.45) is 14.8. The third kappa shape index (κ3) is 6.21. The van der Waals surface area contributed by atoms with E-state index in [0.717, 1.165) is 19.1 Å². The van der Waals surface area contributed by atoms with Crippen molar-refractivity contribution >= 4 is 5.95 Å². The molecule has 2 atom stereocenters. The zero-order valence-corrected chi connectivity index (χ0v) is 20.7. The lowest BCUT2D eigenvalue weighted by molar-refractivity contribution is 0.0755. The summed E-state index contributed by atoms with van der Waals surface area (Å²) in [5, 5.41) is 0. The first-order chi connectivity index (χ1) is 15.6. The maximum atomic E-state index is 5.63. The zero-order valence-electron chi connectivity index (χ0n) is 20.7. The average Bonchev–Trinajstić information content (AvgIpc) is 3.08. The van der Waals surface area contributed by atoms with Crippen molar-refractivity contribution in [1.82, 2.24) is 19.8 Å². The molecule has 1 aromatic rings. The van der Waals surface area contributed by atoms with Crippen LogP contribution < -0.4 is 4.90 Å². The number of rotatable bonds is 11. The number of ether oxygens (including phenoxy) is 1. The van der Waals surface area contributed by atoms with Crippen LogP contribution in [0.15, 0.2) is 12.4 Å². The normalized spacial score (nSPS) is 25.2. The van der Waals surface area contributed by atoms with Gasteiger partial charge in [0.15, 0.2) is 0 Å². The van der Waals surface area contributed by atoms with E-state index in [4.69, 9.17) is 14.7 Å². The number of aromatic nitrogens is 2. The van der Waals surface area contributed by atoms with Crippen LogP contribution in [0.25, 0.3) is 0 Å². The van der Waals surface area contributed by atoms with Crippen LogP contribution in [0.3, 0.4) is 0 Å². The molecule has 0 N–H and O–H groups in total. The van der Waals surface area contributed by atoms with E-state index < -0.39 is 0 Å². The predicted octanol–water partition coefficient (Wildman–Crippen LogP) is 4.31. The first-order valence-electron chi connectivity index (χ1n) is 13.3. The molecular weight excluding hydrogens is 398 g/mol. The van der Waals surface area contributed by atoms with E-state index in [1.54, 1.807) is 0 Å². The number of hydrogen-bond donors (Lipinski definition) is 0. The quantitative estimate of drug-likeness (QED) is 0.475. The third-order valence-electron chi connectivity index (χ3n) is 7.77. The number of unbranched alkanes of at least 4 members (excludes halogenated alkanes) is 3. The highest BCUT2D eigenvalue weighted by Gasteiger charge is 2.40. The summed E-state index contributed by atoms with van der Waals surface area (Å²) >= 11 is 0. The van der Waals surface area contributed by atoms with Crippen LogP contribution in [0.5, 0.6) is 0 Å². The molecule has 4 rings (SSSR count). The van der Waals surface area contributed by atoms with Gasteiger partial charge in [0, 0.05) is 44.2 Å². The Balaban J connectivity index is 1.17. The van der Waals surface area contributed by atoms with Gasteiger partial charge in [-0.2, -0.15) is 0 Å². The van der Waals surface area contributed by atoms with Crippen LogP contribution in [0.2, 0.25) is 0 Å². The summed E-state index contributed by atoms with van der Waals surface area (Å²) in [4.78, 5) is 17.5. The number of hydrogen-bond acceptors (Lipinski definition) is 6. The summed E-state index contributed by atoms with van der Waals surface area (Å²) in [6.45, 7) is 14.6. The lowest BCUT2D eigenvalue weighted by Crippen LogP contribution is -2.54. The number of likely N-dealkylation sites (N-methyl/N-ethyl adjacent to an activating group) is 1. The fourth-order valence-corrected chi connectivity index (χ4v) is 5.85. The molecule has 0 aliphatic carbocycles. The van der Waals surface area contributed by atoms with Crippen LogP contribution in [0.4, 0.5) is 5.95 Å². The molecule has 0 radical (unpaired) electrons. The summed E-state index contributed by atoms with van der Waals surface area (Å²) in [5.74, 6) is 1.59. The SMILES string of the molecule is CCN1CC2CCC(C1)N2c1ncc(C2CCN(CCCCCCOC(C)C)CC2)cn1. The van der Waals surface area contributed by atoms with Crippen LogP contribution in [-0.2, 0) is 4.74 Å². The van der Waals surface area contributed by atoms with E-state index in [9.17, 15) is 0 Å². The second-order valence-electron chi connectivity index (χ2n) is 10.4. The highest BCUT2D eigenvalue weighted by atomic mass is 16.5. The van der Waals surface area contributed by atoms with Crippen LogP contribution >= 0.6 is 0 Å². The molecule has 6 heteroatoms. The van der Waals surface area contributed by atoms with Gasteiger partial charge in [-0.1, -0.05) is 19.8 Å². The maximum absolute atomic E-state index is 5.63. The Kier molecular flexibility index (Phi) is 8.78. The summed E-state index contributed by atoms with van der Waals surface area (Å²) in [7, 11) is 0. The van der Waals surface area contributed by atoms with Gasteiger partial charge in [-0.3, -0.25) is 4.90 Å². The van der Waals surface area contributed by atoms with Gasteiger partial charge < -0.3 is 14.5 Å². The van der Waals surface area contributed by atoms with Gasteiger partial charge >= 0.3 is 0 Å². The molecule has 0 saturated carbocycles. The van der Waals surface area contributed by atoms with Crippen LogP contribution in [0, 0.1) is 0 Å². The Labute approximate surface area is 195 Å². The van der Waals surface area contributed by atoms with Gasteiger partial charge in [-0.05, 0) is 90.0 Å². The Hall–Kier alpha value is -1.24. The smallest absolute Gasteiger partial charge is 0.225 e. The minimum atomic E-state index is 0.365. The van der Waals surface area contributed by atoms with Crippen LogP contribution in [0.1, 0.15) is 83.6 Å². The average molecular weight is 444 g/mol. The Morgan fingerprint density at radius 2 is 1.56 bits per heavy atom. The topological polar surface area (TPSA) is 44.7 Å². The molecule has 1 aromatic heterocycles. The number of fused-ring (bicyclic) bond motifs is 2. The van der Waals surface area contributed by atoms with Crippen molar-refractivity contribution in [2.24, 2.45) is 0 Å². The van der Waals surface area contributed by atoms with Gasteiger partial charge in [0.25, 0.3) is 0 Å². The van der Waals surface area contributed by atoms with E-state index in [1.165, 1.54) is 89.7 Å². The number of piperidine rings is 1. The Morgan fingerprint density at radius 1 is 0.906 bits per heavy atom. The molecule has 0 amide bonds. The first-order valence-corrected chi connectivity index (χ1v) is 13.3. The van der Waals surface area contributed by atoms with E-state index >= 15 is 0 Å². The zero-order chi connectivity index (χ0) is 22.3. The van der Waals surface area contributed by atoms with Crippen molar-refractivity contribution < 1.29 is 4.74 Å². The van der Waals surface area contributed by atoms with E-state index in [0.29, 0.717) is 24.1 Å². The maximum Gasteiger partial charge on any atom is 0.225 e. The van der Waals surface area contributed by atoms with Crippen molar-refractivity contribution in [2.75, 3.05) is 50.8 Å².